The van der Waals surface area contributed by atoms with E-state index in [1.807, 2.05) is 24.1 Å². The number of carbonyl (C=O) groups is 1. The lowest BCUT2D eigenvalue weighted by molar-refractivity contribution is -0.133. The second kappa shape index (κ2) is 8.72. The van der Waals surface area contributed by atoms with Crippen LogP contribution in [0.15, 0.2) is 18.5 Å². The monoisotopic (exact) mass is 349 g/mol. The summed E-state index contributed by atoms with van der Waals surface area (Å²) in [5.41, 5.74) is 0. The Morgan fingerprint density at radius 3 is 2.64 bits per heavy atom. The number of hydrogen-bond donors (Lipinski definition) is 1. The van der Waals surface area contributed by atoms with E-state index in [9.17, 15) is 4.79 Å². The average Bonchev–Trinajstić information content (AvgIpc) is 3.18. The number of halogens is 2. The summed E-state index contributed by atoms with van der Waals surface area (Å²) in [4.78, 5) is 17.0. The molecule has 2 fully saturated rings. The predicted molar refractivity (Wildman–Crippen MR) is 90.9 cm³/mol. The largest absolute Gasteiger partial charge is 0.339 e. The molecule has 126 valence electrons. The van der Waals surface area contributed by atoms with Crippen LogP contribution in [0.4, 0.5) is 0 Å². The van der Waals surface area contributed by atoms with Crippen LogP contribution in [0.25, 0.3) is 0 Å². The van der Waals surface area contributed by atoms with Crippen molar-refractivity contribution in [2.24, 2.45) is 0 Å². The maximum absolute atomic E-state index is 12.5. The molecule has 0 aromatic carbocycles. The molecule has 3 rings (SSSR count). The number of nitrogens with one attached hydrogen (secondary N) is 1. The van der Waals surface area contributed by atoms with Crippen molar-refractivity contribution in [1.82, 2.24) is 24.9 Å². The Morgan fingerprint density at radius 1 is 1.27 bits per heavy atom. The molecule has 1 amide bonds. The van der Waals surface area contributed by atoms with Gasteiger partial charge in [0.2, 0.25) is 5.91 Å². The number of nitrogens with zero attached hydrogens (tertiary/aromatic N) is 4. The molecular weight excluding hydrogens is 325 g/mol. The van der Waals surface area contributed by atoms with Crippen molar-refractivity contribution in [3.05, 3.63) is 18.5 Å². The van der Waals surface area contributed by atoms with Crippen molar-refractivity contribution < 1.29 is 4.79 Å². The molecule has 22 heavy (non-hydrogen) atoms. The summed E-state index contributed by atoms with van der Waals surface area (Å²) >= 11 is 0. The first kappa shape index (κ1) is 19.2. The molecule has 1 N–H and O–H groups in total. The number of carbonyl (C=O) groups excluding carboxylic acids is 1. The Morgan fingerprint density at radius 2 is 2.00 bits per heavy atom. The van der Waals surface area contributed by atoms with Gasteiger partial charge >= 0.3 is 0 Å². The lowest BCUT2D eigenvalue weighted by Crippen LogP contribution is -2.49. The van der Waals surface area contributed by atoms with Crippen LogP contribution in [0.2, 0.25) is 0 Å². The minimum atomic E-state index is -0.202. The summed E-state index contributed by atoms with van der Waals surface area (Å²) in [6, 6.07) is 2.19. The highest BCUT2D eigenvalue weighted by molar-refractivity contribution is 5.85. The van der Waals surface area contributed by atoms with Crippen molar-refractivity contribution in [3.63, 3.8) is 0 Å². The minimum absolute atomic E-state index is 0. The van der Waals surface area contributed by atoms with E-state index in [1.54, 1.807) is 10.9 Å². The first-order valence-electron chi connectivity index (χ1n) is 7.48. The lowest BCUT2D eigenvalue weighted by Gasteiger charge is -2.32. The van der Waals surface area contributed by atoms with E-state index in [0.29, 0.717) is 6.04 Å². The Hall–Kier alpha value is -0.820. The first-order chi connectivity index (χ1) is 9.75. The molecule has 2 saturated heterocycles. The van der Waals surface area contributed by atoms with E-state index in [1.165, 1.54) is 0 Å². The van der Waals surface area contributed by atoms with E-state index in [2.05, 4.69) is 15.3 Å². The van der Waals surface area contributed by atoms with Crippen LogP contribution in [0.1, 0.15) is 19.4 Å². The molecule has 2 aliphatic heterocycles. The maximum Gasteiger partial charge on any atom is 0.247 e. The summed E-state index contributed by atoms with van der Waals surface area (Å²) in [5, 5.41) is 7.54. The molecule has 0 bridgehead atoms. The van der Waals surface area contributed by atoms with Crippen molar-refractivity contribution in [2.45, 2.75) is 25.4 Å². The molecule has 0 radical (unpaired) electrons. The number of piperazine rings is 1. The Bertz CT molecular complexity index is 450. The fourth-order valence-corrected chi connectivity index (χ4v) is 3.17. The Kier molecular flexibility index (Phi) is 7.62. The second-order valence-electron chi connectivity index (χ2n) is 5.67. The fraction of sp³-hybridized carbons (Fsp3) is 0.714. The van der Waals surface area contributed by atoms with Crippen molar-refractivity contribution >= 4 is 30.7 Å². The Labute approximate surface area is 144 Å². The third-order valence-electron chi connectivity index (χ3n) is 4.42. The van der Waals surface area contributed by atoms with Gasteiger partial charge in [-0.25, -0.2) is 0 Å². The second-order valence-corrected chi connectivity index (χ2v) is 5.67. The van der Waals surface area contributed by atoms with Gasteiger partial charge in [0.1, 0.15) is 6.04 Å². The molecule has 8 heteroatoms. The molecule has 2 aliphatic rings. The van der Waals surface area contributed by atoms with E-state index in [-0.39, 0.29) is 36.8 Å². The number of likely N-dealkylation sites (tertiary alicyclic amines) is 1. The molecule has 2 atom stereocenters. The van der Waals surface area contributed by atoms with Gasteiger partial charge in [-0.2, -0.15) is 5.10 Å². The zero-order valence-corrected chi connectivity index (χ0v) is 14.5. The molecule has 0 spiro atoms. The van der Waals surface area contributed by atoms with Crippen LogP contribution >= 0.6 is 24.8 Å². The quantitative estimate of drug-likeness (QED) is 0.876. The molecule has 0 saturated carbocycles. The highest BCUT2D eigenvalue weighted by atomic mass is 35.5. The van der Waals surface area contributed by atoms with E-state index in [0.717, 1.165) is 45.7 Å². The van der Waals surface area contributed by atoms with Gasteiger partial charge in [-0.3, -0.25) is 14.4 Å². The zero-order valence-electron chi connectivity index (χ0n) is 12.9. The van der Waals surface area contributed by atoms with Crippen LogP contribution in [0.3, 0.4) is 0 Å². The van der Waals surface area contributed by atoms with Gasteiger partial charge in [0, 0.05) is 57.7 Å². The molecule has 3 heterocycles. The van der Waals surface area contributed by atoms with Crippen LogP contribution in [0, 0.1) is 0 Å². The number of hydrogen-bond acceptors (Lipinski definition) is 4. The topological polar surface area (TPSA) is 53.4 Å². The number of rotatable bonds is 3. The minimum Gasteiger partial charge on any atom is -0.339 e. The molecule has 0 aliphatic carbocycles. The van der Waals surface area contributed by atoms with Crippen molar-refractivity contribution in [3.8, 4) is 0 Å². The van der Waals surface area contributed by atoms with E-state index < -0.39 is 0 Å². The predicted octanol–water partition coefficient (Wildman–Crippen LogP) is 0.794. The lowest BCUT2D eigenvalue weighted by atomic mass is 10.2. The zero-order chi connectivity index (χ0) is 13.9. The molecule has 2 unspecified atom stereocenters. The van der Waals surface area contributed by atoms with Gasteiger partial charge in [0.25, 0.3) is 0 Å². The van der Waals surface area contributed by atoms with E-state index in [4.69, 9.17) is 0 Å². The first-order valence-corrected chi connectivity index (χ1v) is 7.48. The molecule has 6 nitrogen and oxygen atoms in total. The van der Waals surface area contributed by atoms with Gasteiger partial charge in [-0.1, -0.05) is 0 Å². The standard InChI is InChI=1S/C14H23N5O.2ClH/c1-12(19-7-2-4-16-19)14(20)18-8-3-13(11-18)17-9-5-15-6-10-17;;/h2,4,7,12-13,15H,3,5-6,8-11H2,1H3;2*1H. The van der Waals surface area contributed by atoms with Gasteiger partial charge in [-0.05, 0) is 19.4 Å². The van der Waals surface area contributed by atoms with E-state index >= 15 is 0 Å². The molecule has 1 aromatic rings. The van der Waals surface area contributed by atoms with Crippen LogP contribution in [-0.4, -0.2) is 70.8 Å². The third-order valence-corrected chi connectivity index (χ3v) is 4.42. The molecular formula is C14H25Cl2N5O. The van der Waals surface area contributed by atoms with Crippen LogP contribution in [-0.2, 0) is 4.79 Å². The van der Waals surface area contributed by atoms with Gasteiger partial charge in [0.15, 0.2) is 0 Å². The van der Waals surface area contributed by atoms with Crippen LogP contribution in [0.5, 0.6) is 0 Å². The number of aromatic nitrogens is 2. The van der Waals surface area contributed by atoms with Gasteiger partial charge in [-0.15, -0.1) is 24.8 Å². The van der Waals surface area contributed by atoms with Crippen molar-refractivity contribution in [2.75, 3.05) is 39.3 Å². The van der Waals surface area contributed by atoms with Gasteiger partial charge < -0.3 is 10.2 Å². The summed E-state index contributed by atoms with van der Waals surface area (Å²) in [6.45, 7) is 7.99. The highest BCUT2D eigenvalue weighted by Gasteiger charge is 2.33. The highest BCUT2D eigenvalue weighted by Crippen LogP contribution is 2.19. The molecule has 1 aromatic heterocycles. The Balaban J connectivity index is 0.00000121. The summed E-state index contributed by atoms with van der Waals surface area (Å²) in [6.07, 6.45) is 4.67. The third kappa shape index (κ3) is 4.13. The van der Waals surface area contributed by atoms with Crippen molar-refractivity contribution in [1.29, 1.82) is 0 Å². The SMILES string of the molecule is CC(C(=O)N1CCC(N2CCNCC2)C1)n1cccn1.Cl.Cl. The summed E-state index contributed by atoms with van der Waals surface area (Å²) < 4.78 is 1.74. The number of amides is 1. The summed E-state index contributed by atoms with van der Waals surface area (Å²) in [5.74, 6) is 0.186. The fourth-order valence-electron chi connectivity index (χ4n) is 3.17. The van der Waals surface area contributed by atoms with Gasteiger partial charge in [0.05, 0.1) is 0 Å². The smallest absolute Gasteiger partial charge is 0.247 e. The normalized spacial score (nSPS) is 23.5. The van der Waals surface area contributed by atoms with Crippen LogP contribution < -0.4 is 5.32 Å². The summed E-state index contributed by atoms with van der Waals surface area (Å²) in [7, 11) is 0. The average molecular weight is 350 g/mol. The maximum atomic E-state index is 12.5.